The molecule has 0 spiro atoms. The molecule has 102 valence electrons. The highest BCUT2D eigenvalue weighted by Gasteiger charge is 2.16. The minimum Gasteiger partial charge on any atom is -0.316 e. The zero-order valence-corrected chi connectivity index (χ0v) is 12.2. The third-order valence-electron chi connectivity index (χ3n) is 2.58. The van der Waals surface area contributed by atoms with Crippen LogP contribution in [0, 0.1) is 6.92 Å². The van der Waals surface area contributed by atoms with Gasteiger partial charge in [-0.25, -0.2) is 8.42 Å². The minimum atomic E-state index is -3.61. The zero-order valence-electron chi connectivity index (χ0n) is 10.5. The molecule has 8 heteroatoms. The van der Waals surface area contributed by atoms with Gasteiger partial charge in [-0.15, -0.1) is 10.2 Å². The SMILES string of the molecule is CNCc1cc(S(=O)(=O)Nc2nncs2)ccc1C. The molecule has 0 amide bonds. The number of hydrogen-bond acceptors (Lipinski definition) is 6. The lowest BCUT2D eigenvalue weighted by atomic mass is 10.1. The predicted molar refractivity (Wildman–Crippen MR) is 74.7 cm³/mol. The first-order valence-electron chi connectivity index (χ1n) is 5.56. The summed E-state index contributed by atoms with van der Waals surface area (Å²) in [5, 5.41) is 10.5. The van der Waals surface area contributed by atoms with Gasteiger partial charge in [-0.1, -0.05) is 17.4 Å². The molecule has 6 nitrogen and oxygen atoms in total. The number of rotatable bonds is 5. The van der Waals surface area contributed by atoms with Crippen LogP contribution < -0.4 is 10.0 Å². The highest BCUT2D eigenvalue weighted by Crippen LogP contribution is 2.19. The number of nitrogens with one attached hydrogen (secondary N) is 2. The molecule has 2 N–H and O–H groups in total. The Kier molecular flexibility index (Phi) is 4.13. The van der Waals surface area contributed by atoms with E-state index in [1.165, 1.54) is 5.51 Å². The Morgan fingerprint density at radius 2 is 2.16 bits per heavy atom. The first-order valence-corrected chi connectivity index (χ1v) is 7.92. The van der Waals surface area contributed by atoms with Crippen molar-refractivity contribution in [2.75, 3.05) is 11.8 Å². The van der Waals surface area contributed by atoms with Crippen LogP contribution in [-0.4, -0.2) is 25.7 Å². The van der Waals surface area contributed by atoms with Crippen LogP contribution in [0.4, 0.5) is 5.13 Å². The topological polar surface area (TPSA) is 84.0 Å². The maximum absolute atomic E-state index is 12.2. The smallest absolute Gasteiger partial charge is 0.263 e. The van der Waals surface area contributed by atoms with E-state index in [2.05, 4.69) is 20.2 Å². The van der Waals surface area contributed by atoms with E-state index in [4.69, 9.17) is 0 Å². The van der Waals surface area contributed by atoms with Crippen molar-refractivity contribution in [3.05, 3.63) is 34.8 Å². The maximum Gasteiger partial charge on any atom is 0.263 e. The van der Waals surface area contributed by atoms with Gasteiger partial charge in [-0.2, -0.15) is 0 Å². The highest BCUT2D eigenvalue weighted by molar-refractivity contribution is 7.93. The first kappa shape index (κ1) is 13.9. The van der Waals surface area contributed by atoms with Crippen LogP contribution >= 0.6 is 11.3 Å². The van der Waals surface area contributed by atoms with Crippen LogP contribution in [0.25, 0.3) is 0 Å². The van der Waals surface area contributed by atoms with E-state index < -0.39 is 10.0 Å². The van der Waals surface area contributed by atoms with Crippen LogP contribution in [-0.2, 0) is 16.6 Å². The van der Waals surface area contributed by atoms with Gasteiger partial charge in [0.2, 0.25) is 5.13 Å². The first-order chi connectivity index (χ1) is 9.03. The molecule has 1 aromatic heterocycles. The van der Waals surface area contributed by atoms with Gasteiger partial charge in [0, 0.05) is 6.54 Å². The van der Waals surface area contributed by atoms with Crippen molar-refractivity contribution < 1.29 is 8.42 Å². The summed E-state index contributed by atoms with van der Waals surface area (Å²) in [5.41, 5.74) is 3.46. The molecule has 0 aliphatic carbocycles. The number of anilines is 1. The van der Waals surface area contributed by atoms with Gasteiger partial charge in [-0.05, 0) is 37.2 Å². The lowest BCUT2D eigenvalue weighted by Gasteiger charge is -2.09. The van der Waals surface area contributed by atoms with Gasteiger partial charge >= 0.3 is 0 Å². The number of aryl methyl sites for hydroxylation is 1. The Morgan fingerprint density at radius 1 is 1.37 bits per heavy atom. The Hall–Kier alpha value is -1.51. The van der Waals surface area contributed by atoms with Crippen LogP contribution in [0.3, 0.4) is 0 Å². The van der Waals surface area contributed by atoms with Crippen molar-refractivity contribution in [3.8, 4) is 0 Å². The summed E-state index contributed by atoms with van der Waals surface area (Å²) in [4.78, 5) is 0.221. The monoisotopic (exact) mass is 298 g/mol. The summed E-state index contributed by atoms with van der Waals surface area (Å²) in [7, 11) is -1.79. The Morgan fingerprint density at radius 3 is 2.79 bits per heavy atom. The van der Waals surface area contributed by atoms with E-state index in [9.17, 15) is 8.42 Å². The molecular weight excluding hydrogens is 284 g/mol. The summed E-state index contributed by atoms with van der Waals surface area (Å²) >= 11 is 1.14. The van der Waals surface area contributed by atoms with Crippen molar-refractivity contribution in [2.24, 2.45) is 0 Å². The molecule has 0 aliphatic rings. The second-order valence-corrected chi connectivity index (χ2v) is 6.48. The Labute approximate surface area is 115 Å². The molecule has 0 saturated carbocycles. The number of hydrogen-bond donors (Lipinski definition) is 2. The third kappa shape index (κ3) is 3.28. The largest absolute Gasteiger partial charge is 0.316 e. The Bertz CT molecular complexity index is 653. The number of benzene rings is 1. The molecule has 1 aromatic carbocycles. The summed E-state index contributed by atoms with van der Waals surface area (Å²) in [6, 6.07) is 5.04. The lowest BCUT2D eigenvalue weighted by Crippen LogP contribution is -2.14. The quantitative estimate of drug-likeness (QED) is 0.871. The molecular formula is C11H14N4O2S2. The Balaban J connectivity index is 2.32. The highest BCUT2D eigenvalue weighted by atomic mass is 32.2. The summed E-state index contributed by atoms with van der Waals surface area (Å²) in [6.45, 7) is 2.56. The number of aromatic nitrogens is 2. The molecule has 2 aromatic rings. The van der Waals surface area contributed by atoms with Gasteiger partial charge in [-0.3, -0.25) is 4.72 Å². The molecule has 0 fully saturated rings. The van der Waals surface area contributed by atoms with Gasteiger partial charge in [0.15, 0.2) is 0 Å². The van der Waals surface area contributed by atoms with E-state index in [0.29, 0.717) is 6.54 Å². The minimum absolute atomic E-state index is 0.221. The average Bonchev–Trinajstić information content (AvgIpc) is 2.84. The van der Waals surface area contributed by atoms with E-state index in [1.54, 1.807) is 18.2 Å². The molecule has 2 rings (SSSR count). The molecule has 0 atom stereocenters. The number of nitrogens with zero attached hydrogens (tertiary/aromatic N) is 2. The average molecular weight is 298 g/mol. The summed E-state index contributed by atoms with van der Waals surface area (Å²) < 4.78 is 26.7. The van der Waals surface area contributed by atoms with Crippen molar-refractivity contribution in [2.45, 2.75) is 18.4 Å². The molecule has 1 heterocycles. The zero-order chi connectivity index (χ0) is 13.9. The van der Waals surface area contributed by atoms with Crippen molar-refractivity contribution in [1.29, 1.82) is 0 Å². The van der Waals surface area contributed by atoms with Gasteiger partial charge in [0.25, 0.3) is 10.0 Å². The van der Waals surface area contributed by atoms with Crippen LogP contribution in [0.2, 0.25) is 0 Å². The van der Waals surface area contributed by atoms with E-state index >= 15 is 0 Å². The van der Waals surface area contributed by atoms with Gasteiger partial charge in [0.05, 0.1) is 4.90 Å². The van der Waals surface area contributed by atoms with Crippen molar-refractivity contribution >= 4 is 26.5 Å². The van der Waals surface area contributed by atoms with Crippen LogP contribution in [0.15, 0.2) is 28.6 Å². The third-order valence-corrected chi connectivity index (χ3v) is 4.65. The fourth-order valence-corrected chi connectivity index (χ4v) is 3.33. The molecule has 0 unspecified atom stereocenters. The second-order valence-electron chi connectivity index (χ2n) is 3.97. The van der Waals surface area contributed by atoms with E-state index in [1.807, 2.05) is 14.0 Å². The fourth-order valence-electron chi connectivity index (χ4n) is 1.59. The second kappa shape index (κ2) is 5.64. The van der Waals surface area contributed by atoms with Crippen LogP contribution in [0.1, 0.15) is 11.1 Å². The van der Waals surface area contributed by atoms with Gasteiger partial charge < -0.3 is 5.32 Å². The molecule has 0 radical (unpaired) electrons. The predicted octanol–water partition coefficient (Wildman–Crippen LogP) is 1.37. The normalized spacial score (nSPS) is 11.5. The van der Waals surface area contributed by atoms with Crippen molar-refractivity contribution in [1.82, 2.24) is 15.5 Å². The van der Waals surface area contributed by atoms with E-state index in [-0.39, 0.29) is 10.0 Å². The van der Waals surface area contributed by atoms with Crippen molar-refractivity contribution in [3.63, 3.8) is 0 Å². The molecule has 0 aliphatic heterocycles. The fraction of sp³-hybridized carbons (Fsp3) is 0.273. The molecule has 19 heavy (non-hydrogen) atoms. The number of sulfonamides is 1. The standard InChI is InChI=1S/C11H14N4O2S2/c1-8-3-4-10(5-9(8)6-12-2)19(16,17)15-11-14-13-7-18-11/h3-5,7,12H,6H2,1-2H3,(H,14,15). The summed E-state index contributed by atoms with van der Waals surface area (Å²) in [5.74, 6) is 0. The van der Waals surface area contributed by atoms with E-state index in [0.717, 1.165) is 22.5 Å². The molecule has 0 bridgehead atoms. The summed E-state index contributed by atoms with van der Waals surface area (Å²) in [6.07, 6.45) is 0. The molecule has 0 saturated heterocycles. The lowest BCUT2D eigenvalue weighted by molar-refractivity contribution is 0.601. The van der Waals surface area contributed by atoms with Crippen LogP contribution in [0.5, 0.6) is 0 Å². The maximum atomic E-state index is 12.2. The van der Waals surface area contributed by atoms with Gasteiger partial charge in [0.1, 0.15) is 5.51 Å².